The molecular weight excluding hydrogens is 232 g/mol. The quantitative estimate of drug-likeness (QED) is 0.878. The molecule has 98 valence electrons. The Hall–Kier alpha value is -1.85. The fourth-order valence-electron chi connectivity index (χ4n) is 2.20. The van der Waals surface area contributed by atoms with Gasteiger partial charge in [0, 0.05) is 13.1 Å². The molecule has 2 aromatic carbocycles. The fourth-order valence-corrected chi connectivity index (χ4v) is 2.20. The van der Waals surface area contributed by atoms with Crippen molar-refractivity contribution in [2.24, 2.45) is 5.92 Å². The van der Waals surface area contributed by atoms with Gasteiger partial charge in [-0.15, -0.1) is 0 Å². The van der Waals surface area contributed by atoms with Crippen molar-refractivity contribution < 1.29 is 0 Å². The van der Waals surface area contributed by atoms with Crippen LogP contribution in [-0.4, -0.2) is 6.54 Å². The number of hydrogen-bond donors (Lipinski definition) is 1. The Morgan fingerprint density at radius 2 is 1.89 bits per heavy atom. The molecule has 0 spiro atoms. The van der Waals surface area contributed by atoms with Crippen molar-refractivity contribution in [3.05, 3.63) is 47.5 Å². The third kappa shape index (κ3) is 3.56. The number of benzene rings is 2. The zero-order valence-electron chi connectivity index (χ0n) is 11.6. The molecule has 2 heteroatoms. The van der Waals surface area contributed by atoms with Crippen LogP contribution < -0.4 is 5.32 Å². The van der Waals surface area contributed by atoms with Crippen LogP contribution >= 0.6 is 0 Å². The molecule has 1 unspecified atom stereocenters. The van der Waals surface area contributed by atoms with E-state index in [2.05, 4.69) is 54.7 Å². The maximum atomic E-state index is 8.90. The highest BCUT2D eigenvalue weighted by Gasteiger charge is 2.03. The summed E-state index contributed by atoms with van der Waals surface area (Å²) in [4.78, 5) is 0. The molecule has 0 saturated heterocycles. The first-order chi connectivity index (χ1) is 9.22. The van der Waals surface area contributed by atoms with Gasteiger partial charge in [-0.3, -0.25) is 0 Å². The summed E-state index contributed by atoms with van der Waals surface area (Å²) in [7, 11) is 0. The van der Waals surface area contributed by atoms with Crippen molar-refractivity contribution in [1.29, 1.82) is 5.26 Å². The van der Waals surface area contributed by atoms with Crippen LogP contribution in [0.5, 0.6) is 0 Å². The summed E-state index contributed by atoms with van der Waals surface area (Å²) < 4.78 is 0. The molecule has 0 amide bonds. The molecule has 2 nitrogen and oxygen atoms in total. The Morgan fingerprint density at radius 1 is 1.16 bits per heavy atom. The van der Waals surface area contributed by atoms with Gasteiger partial charge in [0.25, 0.3) is 0 Å². The lowest BCUT2D eigenvalue weighted by atomic mass is 10.0. The molecule has 2 rings (SSSR count). The lowest BCUT2D eigenvalue weighted by Gasteiger charge is -2.09. The largest absolute Gasteiger partial charge is 0.311 e. The Kier molecular flexibility index (Phi) is 4.54. The van der Waals surface area contributed by atoms with Crippen LogP contribution in [0.1, 0.15) is 24.5 Å². The average molecular weight is 252 g/mol. The third-order valence-corrected chi connectivity index (χ3v) is 3.46. The molecule has 0 heterocycles. The van der Waals surface area contributed by atoms with E-state index in [1.807, 2.05) is 6.92 Å². The molecule has 0 saturated carbocycles. The highest BCUT2D eigenvalue weighted by molar-refractivity contribution is 5.83. The van der Waals surface area contributed by atoms with Gasteiger partial charge >= 0.3 is 0 Å². The van der Waals surface area contributed by atoms with Crippen LogP contribution in [0.15, 0.2) is 36.4 Å². The highest BCUT2D eigenvalue weighted by atomic mass is 14.9. The van der Waals surface area contributed by atoms with Gasteiger partial charge in [-0.2, -0.15) is 5.26 Å². The number of fused-ring (bicyclic) bond motifs is 1. The molecule has 0 radical (unpaired) electrons. The second-order valence-corrected chi connectivity index (χ2v) is 5.05. The number of hydrogen-bond acceptors (Lipinski definition) is 2. The summed E-state index contributed by atoms with van der Waals surface area (Å²) in [6.45, 7) is 5.75. The normalized spacial score (nSPS) is 12.3. The van der Waals surface area contributed by atoms with Crippen molar-refractivity contribution in [2.75, 3.05) is 6.54 Å². The van der Waals surface area contributed by atoms with E-state index in [-0.39, 0.29) is 5.92 Å². The summed E-state index contributed by atoms with van der Waals surface area (Å²) in [5.74, 6) is 0.114. The van der Waals surface area contributed by atoms with E-state index in [9.17, 15) is 0 Å². The third-order valence-electron chi connectivity index (χ3n) is 3.46. The van der Waals surface area contributed by atoms with Crippen LogP contribution in [0, 0.1) is 24.2 Å². The lowest BCUT2D eigenvalue weighted by Crippen LogP contribution is -2.21. The number of nitrogens with zero attached hydrogens (tertiary/aromatic N) is 1. The Labute approximate surface area is 115 Å². The first-order valence-electron chi connectivity index (χ1n) is 6.82. The average Bonchev–Trinajstić information content (AvgIpc) is 2.43. The summed E-state index contributed by atoms with van der Waals surface area (Å²) in [5.41, 5.74) is 2.56. The molecular formula is C17H20N2. The van der Waals surface area contributed by atoms with E-state index < -0.39 is 0 Å². The molecule has 0 aliphatic carbocycles. The zero-order chi connectivity index (χ0) is 13.7. The van der Waals surface area contributed by atoms with Crippen molar-refractivity contribution in [2.45, 2.75) is 26.8 Å². The molecule has 0 bridgehead atoms. The minimum atomic E-state index is 0.114. The van der Waals surface area contributed by atoms with Gasteiger partial charge in [0.05, 0.1) is 12.0 Å². The summed E-state index contributed by atoms with van der Waals surface area (Å²) in [6, 6.07) is 15.4. The second-order valence-electron chi connectivity index (χ2n) is 5.05. The Morgan fingerprint density at radius 3 is 2.63 bits per heavy atom. The highest BCUT2D eigenvalue weighted by Crippen LogP contribution is 2.17. The Bertz CT molecular complexity index is 596. The number of aryl methyl sites for hydroxylation is 1. The molecule has 0 aliphatic heterocycles. The fraction of sp³-hybridized carbons (Fsp3) is 0.353. The molecule has 19 heavy (non-hydrogen) atoms. The van der Waals surface area contributed by atoms with Gasteiger partial charge < -0.3 is 5.32 Å². The van der Waals surface area contributed by atoms with Gasteiger partial charge in [-0.05, 0) is 35.7 Å². The maximum absolute atomic E-state index is 8.90. The minimum Gasteiger partial charge on any atom is -0.311 e. The van der Waals surface area contributed by atoms with Crippen molar-refractivity contribution in [3.8, 4) is 6.07 Å². The predicted octanol–water partition coefficient (Wildman–Crippen LogP) is 3.79. The van der Waals surface area contributed by atoms with Gasteiger partial charge in [0.2, 0.25) is 0 Å². The number of nitriles is 1. The lowest BCUT2D eigenvalue weighted by molar-refractivity contribution is 0.553. The zero-order valence-corrected chi connectivity index (χ0v) is 11.6. The topological polar surface area (TPSA) is 35.8 Å². The standard InChI is InChI=1S/C17H20N2/c1-3-14(10-18)11-19-12-15-5-7-16-8-13(2)4-6-17(16)9-15/h4-9,14,19H,3,11-12H2,1-2H3. The molecule has 2 aromatic rings. The van der Waals surface area contributed by atoms with Crippen molar-refractivity contribution in [1.82, 2.24) is 5.32 Å². The van der Waals surface area contributed by atoms with E-state index in [4.69, 9.17) is 5.26 Å². The number of rotatable bonds is 5. The van der Waals surface area contributed by atoms with E-state index in [0.717, 1.165) is 19.5 Å². The summed E-state index contributed by atoms with van der Waals surface area (Å²) in [5, 5.41) is 14.8. The second kappa shape index (κ2) is 6.36. The molecule has 0 fully saturated rings. The summed E-state index contributed by atoms with van der Waals surface area (Å²) in [6.07, 6.45) is 0.903. The maximum Gasteiger partial charge on any atom is 0.0669 e. The van der Waals surface area contributed by atoms with Crippen LogP contribution in [0.25, 0.3) is 10.8 Å². The van der Waals surface area contributed by atoms with E-state index in [1.165, 1.54) is 21.9 Å². The minimum absolute atomic E-state index is 0.114. The van der Waals surface area contributed by atoms with Crippen LogP contribution in [0.3, 0.4) is 0 Å². The molecule has 0 aromatic heterocycles. The van der Waals surface area contributed by atoms with E-state index in [1.54, 1.807) is 0 Å². The smallest absolute Gasteiger partial charge is 0.0669 e. The van der Waals surface area contributed by atoms with Crippen LogP contribution in [0.2, 0.25) is 0 Å². The van der Waals surface area contributed by atoms with Crippen molar-refractivity contribution >= 4 is 10.8 Å². The van der Waals surface area contributed by atoms with E-state index >= 15 is 0 Å². The monoisotopic (exact) mass is 252 g/mol. The number of nitrogens with one attached hydrogen (secondary N) is 1. The van der Waals surface area contributed by atoms with E-state index in [0.29, 0.717) is 0 Å². The molecule has 1 atom stereocenters. The molecule has 1 N–H and O–H groups in total. The molecule has 0 aliphatic rings. The van der Waals surface area contributed by atoms with Crippen molar-refractivity contribution in [3.63, 3.8) is 0 Å². The Balaban J connectivity index is 2.02. The SMILES string of the molecule is CCC(C#N)CNCc1ccc2cc(C)ccc2c1. The van der Waals surface area contributed by atoms with Crippen LogP contribution in [0.4, 0.5) is 0 Å². The van der Waals surface area contributed by atoms with Gasteiger partial charge in [-0.25, -0.2) is 0 Å². The predicted molar refractivity (Wildman–Crippen MR) is 79.8 cm³/mol. The first-order valence-corrected chi connectivity index (χ1v) is 6.82. The first kappa shape index (κ1) is 13.6. The summed E-state index contributed by atoms with van der Waals surface area (Å²) >= 11 is 0. The van der Waals surface area contributed by atoms with Gasteiger partial charge in [-0.1, -0.05) is 42.8 Å². The van der Waals surface area contributed by atoms with Gasteiger partial charge in [0.1, 0.15) is 0 Å². The van der Waals surface area contributed by atoms with Crippen LogP contribution in [-0.2, 0) is 6.54 Å². The van der Waals surface area contributed by atoms with Gasteiger partial charge in [0.15, 0.2) is 0 Å².